The van der Waals surface area contributed by atoms with E-state index in [0.29, 0.717) is 11.1 Å². The lowest BCUT2D eigenvalue weighted by molar-refractivity contribution is 0.746. The van der Waals surface area contributed by atoms with Crippen LogP contribution in [0.4, 0.5) is 5.82 Å². The van der Waals surface area contributed by atoms with E-state index in [1.807, 2.05) is 28.8 Å². The van der Waals surface area contributed by atoms with E-state index < -0.39 is 0 Å². The largest absolute Gasteiger partial charge is 0.369 e. The summed E-state index contributed by atoms with van der Waals surface area (Å²) in [6, 6.07) is 9.86. The summed E-state index contributed by atoms with van der Waals surface area (Å²) in [7, 11) is 0. The minimum Gasteiger partial charge on any atom is -0.369 e. The molecule has 3 rings (SSSR count). The van der Waals surface area contributed by atoms with E-state index in [9.17, 15) is 0 Å². The van der Waals surface area contributed by atoms with E-state index in [4.69, 9.17) is 10.7 Å². The van der Waals surface area contributed by atoms with Crippen LogP contribution < -0.4 is 10.8 Å². The molecule has 2 aromatic rings. The van der Waals surface area contributed by atoms with Crippen molar-refractivity contribution in [2.75, 3.05) is 11.9 Å². The summed E-state index contributed by atoms with van der Waals surface area (Å²) in [6.07, 6.45) is 0. The zero-order valence-electron chi connectivity index (χ0n) is 8.62. The Morgan fingerprint density at radius 1 is 1.31 bits per heavy atom. The molecule has 0 saturated carbocycles. The van der Waals surface area contributed by atoms with Crippen LogP contribution in [0.2, 0.25) is 0 Å². The Hall–Kier alpha value is -2.28. The van der Waals surface area contributed by atoms with Crippen molar-refractivity contribution in [1.82, 2.24) is 4.57 Å². The van der Waals surface area contributed by atoms with Crippen LogP contribution in [-0.2, 0) is 6.54 Å². The van der Waals surface area contributed by atoms with Gasteiger partial charge >= 0.3 is 0 Å². The molecule has 0 fully saturated rings. The van der Waals surface area contributed by atoms with Crippen LogP contribution >= 0.6 is 0 Å². The van der Waals surface area contributed by atoms with Crippen LogP contribution in [0.15, 0.2) is 24.3 Å². The fourth-order valence-electron chi connectivity index (χ4n) is 2.24. The van der Waals surface area contributed by atoms with Gasteiger partial charge in [0.1, 0.15) is 22.9 Å². The van der Waals surface area contributed by atoms with Gasteiger partial charge in [0.15, 0.2) is 0 Å². The molecule has 0 radical (unpaired) electrons. The second-order valence-electron chi connectivity index (χ2n) is 3.81. The maximum Gasteiger partial charge on any atom is 0.145 e. The topological polar surface area (TPSA) is 64.6 Å². The van der Waals surface area contributed by atoms with E-state index in [-0.39, 0.29) is 0 Å². The number of nitrogens with one attached hydrogen (secondary N) is 2. The Morgan fingerprint density at radius 3 is 2.81 bits per heavy atom. The molecule has 0 bridgehead atoms. The predicted octanol–water partition coefficient (Wildman–Crippen LogP) is 1.42. The van der Waals surface area contributed by atoms with Gasteiger partial charge in [0.2, 0.25) is 0 Å². The van der Waals surface area contributed by atoms with Gasteiger partial charge < -0.3 is 9.88 Å². The standard InChI is InChI=1S/C12H10N4/c13-7-10-8-3-1-2-4-9(8)12-15-5-6-16(12)11(10)14/h1-4,14-15H,5-6H2. The molecule has 2 heterocycles. The first-order chi connectivity index (χ1) is 7.83. The van der Waals surface area contributed by atoms with Crippen LogP contribution in [0.5, 0.6) is 0 Å². The highest BCUT2D eigenvalue weighted by Gasteiger charge is 2.16. The summed E-state index contributed by atoms with van der Waals surface area (Å²) in [5, 5.41) is 22.3. The average molecular weight is 210 g/mol. The van der Waals surface area contributed by atoms with Gasteiger partial charge in [-0.2, -0.15) is 5.26 Å². The molecule has 0 unspecified atom stereocenters. The molecule has 0 amide bonds. The van der Waals surface area contributed by atoms with Gasteiger partial charge in [0.05, 0.1) is 0 Å². The van der Waals surface area contributed by atoms with Crippen LogP contribution in [-0.4, -0.2) is 11.1 Å². The molecule has 0 saturated heterocycles. The first-order valence-corrected chi connectivity index (χ1v) is 5.17. The van der Waals surface area contributed by atoms with Crippen molar-refractivity contribution in [2.24, 2.45) is 0 Å². The van der Waals surface area contributed by atoms with Crippen molar-refractivity contribution in [3.8, 4) is 6.07 Å². The van der Waals surface area contributed by atoms with Gasteiger partial charge in [0, 0.05) is 23.9 Å². The fraction of sp³-hybridized carbons (Fsp3) is 0.167. The smallest absolute Gasteiger partial charge is 0.145 e. The third-order valence-electron chi connectivity index (χ3n) is 2.97. The fourth-order valence-corrected chi connectivity index (χ4v) is 2.24. The summed E-state index contributed by atoms with van der Waals surface area (Å²) in [5.74, 6) is 0.958. The summed E-state index contributed by atoms with van der Waals surface area (Å²) >= 11 is 0. The maximum absolute atomic E-state index is 9.14. The molecule has 16 heavy (non-hydrogen) atoms. The number of benzene rings is 1. The Balaban J connectivity index is 2.60. The molecule has 1 aliphatic rings. The van der Waals surface area contributed by atoms with Crippen LogP contribution in [0, 0.1) is 16.7 Å². The normalized spacial score (nSPS) is 13.2. The van der Waals surface area contributed by atoms with Gasteiger partial charge in [-0.3, -0.25) is 5.41 Å². The maximum atomic E-state index is 9.14. The zero-order chi connectivity index (χ0) is 11.1. The number of hydrogen-bond donors (Lipinski definition) is 2. The summed E-state index contributed by atoms with van der Waals surface area (Å²) in [4.78, 5) is 0. The molecular weight excluding hydrogens is 200 g/mol. The quantitative estimate of drug-likeness (QED) is 0.690. The second-order valence-corrected chi connectivity index (χ2v) is 3.81. The van der Waals surface area contributed by atoms with Crippen LogP contribution in [0.25, 0.3) is 10.8 Å². The molecular formula is C12H10N4. The SMILES string of the molecule is N#Cc1c(=N)n2c(c3ccccc13)NCC2. The lowest BCUT2D eigenvalue weighted by Crippen LogP contribution is -2.21. The van der Waals surface area contributed by atoms with Crippen molar-refractivity contribution < 1.29 is 0 Å². The van der Waals surface area contributed by atoms with Crippen molar-refractivity contribution in [3.63, 3.8) is 0 Å². The van der Waals surface area contributed by atoms with Gasteiger partial charge in [-0.05, 0) is 0 Å². The number of hydrogen-bond acceptors (Lipinski definition) is 3. The molecule has 2 N–H and O–H groups in total. The van der Waals surface area contributed by atoms with E-state index in [2.05, 4.69) is 11.4 Å². The second kappa shape index (κ2) is 3.11. The van der Waals surface area contributed by atoms with Gasteiger partial charge in [0.25, 0.3) is 0 Å². The van der Waals surface area contributed by atoms with Crippen LogP contribution in [0.3, 0.4) is 0 Å². The monoisotopic (exact) mass is 210 g/mol. The highest BCUT2D eigenvalue weighted by molar-refractivity contribution is 5.95. The first-order valence-electron chi connectivity index (χ1n) is 5.17. The van der Waals surface area contributed by atoms with Crippen molar-refractivity contribution in [3.05, 3.63) is 35.3 Å². The highest BCUT2D eigenvalue weighted by Crippen LogP contribution is 2.26. The number of anilines is 1. The number of pyridine rings is 1. The summed E-state index contributed by atoms with van der Waals surface area (Å²) < 4.78 is 1.86. The molecule has 1 aromatic heterocycles. The average Bonchev–Trinajstić information content (AvgIpc) is 2.79. The minimum absolute atomic E-state index is 0.307. The van der Waals surface area contributed by atoms with Gasteiger partial charge in [-0.1, -0.05) is 24.3 Å². The predicted molar refractivity (Wildman–Crippen MR) is 61.0 cm³/mol. The third kappa shape index (κ3) is 0.999. The molecule has 1 aromatic carbocycles. The van der Waals surface area contributed by atoms with Gasteiger partial charge in [-0.25, -0.2) is 0 Å². The molecule has 0 atom stereocenters. The Morgan fingerprint density at radius 2 is 2.06 bits per heavy atom. The van der Waals surface area contributed by atoms with Crippen molar-refractivity contribution >= 4 is 16.6 Å². The van der Waals surface area contributed by atoms with Crippen molar-refractivity contribution in [1.29, 1.82) is 10.7 Å². The molecule has 0 spiro atoms. The number of rotatable bonds is 0. The van der Waals surface area contributed by atoms with Crippen LogP contribution in [0.1, 0.15) is 5.56 Å². The number of fused-ring (bicyclic) bond motifs is 3. The highest BCUT2D eigenvalue weighted by atomic mass is 15.2. The number of nitrogens with zero attached hydrogens (tertiary/aromatic N) is 2. The molecule has 4 nitrogen and oxygen atoms in total. The summed E-state index contributed by atoms with van der Waals surface area (Å²) in [5.41, 5.74) is 0.768. The lowest BCUT2D eigenvalue weighted by Gasteiger charge is -2.09. The van der Waals surface area contributed by atoms with E-state index in [1.54, 1.807) is 0 Å². The molecule has 4 heteroatoms. The Kier molecular flexibility index (Phi) is 1.74. The molecule has 1 aliphatic heterocycles. The van der Waals surface area contributed by atoms with Crippen molar-refractivity contribution in [2.45, 2.75) is 6.54 Å². The number of nitriles is 1. The summed E-state index contributed by atoms with van der Waals surface area (Å²) in [6.45, 7) is 1.58. The zero-order valence-corrected chi connectivity index (χ0v) is 8.62. The molecule has 0 aliphatic carbocycles. The third-order valence-corrected chi connectivity index (χ3v) is 2.97. The van der Waals surface area contributed by atoms with E-state index in [1.165, 1.54) is 0 Å². The van der Waals surface area contributed by atoms with E-state index in [0.717, 1.165) is 29.7 Å². The van der Waals surface area contributed by atoms with Gasteiger partial charge in [-0.15, -0.1) is 0 Å². The Labute approximate surface area is 92.3 Å². The lowest BCUT2D eigenvalue weighted by atomic mass is 10.1. The first kappa shape index (κ1) is 8.98. The van der Waals surface area contributed by atoms with E-state index >= 15 is 0 Å². The number of aromatic nitrogens is 1. The molecule has 78 valence electrons. The Bertz CT molecular complexity index is 676. The minimum atomic E-state index is 0.307.